The minimum absolute atomic E-state index is 0.271. The van der Waals surface area contributed by atoms with Crippen molar-refractivity contribution in [2.75, 3.05) is 0 Å². The van der Waals surface area contributed by atoms with E-state index in [2.05, 4.69) is 11.9 Å². The summed E-state index contributed by atoms with van der Waals surface area (Å²) in [5, 5.41) is 9.73. The number of para-hydroxylation sites is 2. The maximum atomic E-state index is 9.73. The Bertz CT molecular complexity index is 436. The van der Waals surface area contributed by atoms with Crippen molar-refractivity contribution in [3.63, 3.8) is 0 Å². The summed E-state index contributed by atoms with van der Waals surface area (Å²) in [7, 11) is 0. The summed E-state index contributed by atoms with van der Waals surface area (Å²) in [5.41, 5.74) is 2.08. The van der Waals surface area contributed by atoms with Gasteiger partial charge in [0, 0.05) is 0 Å². The van der Waals surface area contributed by atoms with Crippen molar-refractivity contribution in [2.24, 2.45) is 0 Å². The van der Waals surface area contributed by atoms with Crippen molar-refractivity contribution in [2.45, 2.75) is 32.4 Å². The minimum atomic E-state index is -0.271. The van der Waals surface area contributed by atoms with Crippen molar-refractivity contribution in [1.82, 2.24) is 9.55 Å². The van der Waals surface area contributed by atoms with Crippen LogP contribution in [-0.2, 0) is 6.54 Å². The van der Waals surface area contributed by atoms with E-state index < -0.39 is 0 Å². The van der Waals surface area contributed by atoms with Crippen molar-refractivity contribution < 1.29 is 5.11 Å². The summed E-state index contributed by atoms with van der Waals surface area (Å²) in [6.07, 6.45) is 3.37. The smallest absolute Gasteiger partial charge is 0.0959 e. The zero-order valence-electron chi connectivity index (χ0n) is 8.93. The van der Waals surface area contributed by atoms with E-state index in [0.29, 0.717) is 6.54 Å². The molecule has 1 aromatic carbocycles. The summed E-state index contributed by atoms with van der Waals surface area (Å²) in [6.45, 7) is 2.71. The molecule has 0 aliphatic heterocycles. The van der Waals surface area contributed by atoms with E-state index in [1.165, 1.54) is 0 Å². The predicted octanol–water partition coefficient (Wildman–Crippen LogP) is 2.20. The normalized spacial score (nSPS) is 13.2. The molecule has 2 aromatic rings. The second kappa shape index (κ2) is 4.45. The van der Waals surface area contributed by atoms with Crippen LogP contribution in [0.3, 0.4) is 0 Å². The van der Waals surface area contributed by atoms with Crippen molar-refractivity contribution >= 4 is 11.0 Å². The Labute approximate surface area is 89.4 Å². The van der Waals surface area contributed by atoms with Gasteiger partial charge < -0.3 is 9.67 Å². The highest BCUT2D eigenvalue weighted by Crippen LogP contribution is 2.13. The zero-order chi connectivity index (χ0) is 10.7. The van der Waals surface area contributed by atoms with Gasteiger partial charge in [0.05, 0.1) is 30.0 Å². The fraction of sp³-hybridized carbons (Fsp3) is 0.417. The molecule has 2 rings (SSSR count). The van der Waals surface area contributed by atoms with Crippen LogP contribution in [-0.4, -0.2) is 20.8 Å². The Morgan fingerprint density at radius 3 is 3.00 bits per heavy atom. The molecule has 3 heteroatoms. The third kappa shape index (κ3) is 2.18. The van der Waals surface area contributed by atoms with Gasteiger partial charge in [0.15, 0.2) is 0 Å². The first-order valence-corrected chi connectivity index (χ1v) is 5.39. The van der Waals surface area contributed by atoms with Crippen LogP contribution in [0.5, 0.6) is 0 Å². The van der Waals surface area contributed by atoms with Gasteiger partial charge in [0.2, 0.25) is 0 Å². The summed E-state index contributed by atoms with van der Waals surface area (Å²) in [6, 6.07) is 7.98. The van der Waals surface area contributed by atoms with Crippen LogP contribution < -0.4 is 0 Å². The molecule has 0 bridgehead atoms. The standard InChI is InChI=1S/C12H16N2O/c1-2-5-10(15)8-14-9-13-11-6-3-4-7-12(11)14/h3-4,6-7,9-10,15H,2,5,8H2,1H3. The summed E-state index contributed by atoms with van der Waals surface area (Å²) >= 11 is 0. The van der Waals surface area contributed by atoms with Gasteiger partial charge in [-0.2, -0.15) is 0 Å². The first-order chi connectivity index (χ1) is 7.31. The molecule has 1 aromatic heterocycles. The zero-order valence-corrected chi connectivity index (χ0v) is 8.93. The van der Waals surface area contributed by atoms with Crippen molar-refractivity contribution in [3.05, 3.63) is 30.6 Å². The molecule has 0 saturated carbocycles. The van der Waals surface area contributed by atoms with E-state index in [9.17, 15) is 5.11 Å². The van der Waals surface area contributed by atoms with Crippen LogP contribution in [0, 0.1) is 0 Å². The van der Waals surface area contributed by atoms with Gasteiger partial charge in [-0.3, -0.25) is 0 Å². The molecular formula is C12H16N2O. The van der Waals surface area contributed by atoms with Crippen LogP contribution in [0.4, 0.5) is 0 Å². The Morgan fingerprint density at radius 2 is 2.20 bits per heavy atom. The van der Waals surface area contributed by atoms with Crippen molar-refractivity contribution in [3.8, 4) is 0 Å². The number of hydrogen-bond donors (Lipinski definition) is 1. The van der Waals surface area contributed by atoms with Gasteiger partial charge in [-0.05, 0) is 18.6 Å². The van der Waals surface area contributed by atoms with Gasteiger partial charge in [0.1, 0.15) is 0 Å². The second-order valence-electron chi connectivity index (χ2n) is 3.83. The molecule has 15 heavy (non-hydrogen) atoms. The van der Waals surface area contributed by atoms with Gasteiger partial charge >= 0.3 is 0 Å². The first kappa shape index (κ1) is 10.2. The Balaban J connectivity index is 2.21. The lowest BCUT2D eigenvalue weighted by molar-refractivity contribution is 0.145. The summed E-state index contributed by atoms with van der Waals surface area (Å²) in [5.74, 6) is 0. The molecule has 1 atom stereocenters. The topological polar surface area (TPSA) is 38.0 Å². The highest BCUT2D eigenvalue weighted by atomic mass is 16.3. The van der Waals surface area contributed by atoms with E-state index in [1.54, 1.807) is 6.33 Å². The third-order valence-electron chi connectivity index (χ3n) is 2.56. The molecule has 0 aliphatic carbocycles. The lowest BCUT2D eigenvalue weighted by atomic mass is 10.2. The van der Waals surface area contributed by atoms with Gasteiger partial charge in [-0.25, -0.2) is 4.98 Å². The monoisotopic (exact) mass is 204 g/mol. The molecule has 0 radical (unpaired) electrons. The lowest BCUT2D eigenvalue weighted by Gasteiger charge is -2.10. The second-order valence-corrected chi connectivity index (χ2v) is 3.83. The van der Waals surface area contributed by atoms with E-state index in [1.807, 2.05) is 28.8 Å². The number of fused-ring (bicyclic) bond motifs is 1. The number of rotatable bonds is 4. The van der Waals surface area contributed by atoms with Gasteiger partial charge in [-0.1, -0.05) is 25.5 Å². The van der Waals surface area contributed by atoms with E-state index >= 15 is 0 Å². The fourth-order valence-corrected chi connectivity index (χ4v) is 1.81. The van der Waals surface area contributed by atoms with Crippen LogP contribution in [0.2, 0.25) is 0 Å². The number of benzene rings is 1. The Hall–Kier alpha value is -1.35. The van der Waals surface area contributed by atoms with Crippen LogP contribution in [0.1, 0.15) is 19.8 Å². The van der Waals surface area contributed by atoms with Crippen molar-refractivity contribution in [1.29, 1.82) is 0 Å². The summed E-state index contributed by atoms with van der Waals surface area (Å²) < 4.78 is 2.01. The molecule has 0 fully saturated rings. The molecule has 0 amide bonds. The van der Waals surface area contributed by atoms with E-state index in [0.717, 1.165) is 23.9 Å². The minimum Gasteiger partial charge on any atom is -0.391 e. The number of aliphatic hydroxyl groups is 1. The average molecular weight is 204 g/mol. The molecule has 80 valence electrons. The number of aliphatic hydroxyl groups excluding tert-OH is 1. The average Bonchev–Trinajstić information content (AvgIpc) is 2.62. The molecule has 3 nitrogen and oxygen atoms in total. The third-order valence-corrected chi connectivity index (χ3v) is 2.56. The molecule has 1 N–H and O–H groups in total. The highest BCUT2D eigenvalue weighted by Gasteiger charge is 2.06. The molecule has 1 unspecified atom stereocenters. The molecule has 0 aliphatic rings. The number of aromatic nitrogens is 2. The molecule has 0 spiro atoms. The first-order valence-electron chi connectivity index (χ1n) is 5.39. The van der Waals surface area contributed by atoms with Crippen LogP contribution in [0.25, 0.3) is 11.0 Å². The summed E-state index contributed by atoms with van der Waals surface area (Å²) in [4.78, 5) is 4.28. The molecule has 1 heterocycles. The maximum Gasteiger partial charge on any atom is 0.0959 e. The Morgan fingerprint density at radius 1 is 1.40 bits per heavy atom. The number of hydrogen-bond acceptors (Lipinski definition) is 2. The maximum absolute atomic E-state index is 9.73. The SMILES string of the molecule is CCCC(O)Cn1cnc2ccccc21. The van der Waals surface area contributed by atoms with Crippen LogP contribution in [0.15, 0.2) is 30.6 Å². The van der Waals surface area contributed by atoms with Gasteiger partial charge in [-0.15, -0.1) is 0 Å². The molecule has 0 saturated heterocycles. The molecular weight excluding hydrogens is 188 g/mol. The predicted molar refractivity (Wildman–Crippen MR) is 60.6 cm³/mol. The fourth-order valence-electron chi connectivity index (χ4n) is 1.81. The Kier molecular flexibility index (Phi) is 3.02. The van der Waals surface area contributed by atoms with E-state index in [4.69, 9.17) is 0 Å². The lowest BCUT2D eigenvalue weighted by Crippen LogP contribution is -2.14. The van der Waals surface area contributed by atoms with Crippen LogP contribution >= 0.6 is 0 Å². The quantitative estimate of drug-likeness (QED) is 0.829. The number of imidazole rings is 1. The van der Waals surface area contributed by atoms with E-state index in [-0.39, 0.29) is 6.10 Å². The largest absolute Gasteiger partial charge is 0.391 e. The van der Waals surface area contributed by atoms with Gasteiger partial charge in [0.25, 0.3) is 0 Å². The highest BCUT2D eigenvalue weighted by molar-refractivity contribution is 5.74. The number of nitrogens with zero attached hydrogens (tertiary/aromatic N) is 2.